The first kappa shape index (κ1) is 22.5. The number of benzene rings is 1. The Kier molecular flexibility index (Phi) is 9.58. The highest BCUT2D eigenvalue weighted by Crippen LogP contribution is 2.41. The van der Waals surface area contributed by atoms with Crippen molar-refractivity contribution in [2.75, 3.05) is 40.0 Å². The molecule has 1 unspecified atom stereocenters. The highest BCUT2D eigenvalue weighted by molar-refractivity contribution is 5.79. The Bertz CT molecular complexity index is 600. The van der Waals surface area contributed by atoms with Crippen molar-refractivity contribution in [1.29, 1.82) is 0 Å². The number of guanidine groups is 1. The second-order valence-corrected chi connectivity index (χ2v) is 7.52. The number of methoxy groups -OCH3 is 1. The van der Waals surface area contributed by atoms with Gasteiger partial charge < -0.3 is 25.2 Å². The van der Waals surface area contributed by atoms with E-state index in [1.165, 1.54) is 25.7 Å². The molecule has 0 spiro atoms. The molecule has 0 saturated heterocycles. The first-order valence-corrected chi connectivity index (χ1v) is 10.5. The van der Waals surface area contributed by atoms with E-state index in [-0.39, 0.29) is 5.41 Å². The number of aliphatic imine (C=N–C) groups is 1. The van der Waals surface area contributed by atoms with E-state index in [1.54, 1.807) is 7.11 Å². The van der Waals surface area contributed by atoms with Crippen molar-refractivity contribution >= 4 is 5.96 Å². The lowest BCUT2D eigenvalue weighted by Gasteiger charge is -2.27. The van der Waals surface area contributed by atoms with Crippen molar-refractivity contribution in [2.24, 2.45) is 10.4 Å². The van der Waals surface area contributed by atoms with Gasteiger partial charge in [-0.05, 0) is 56.2 Å². The maximum absolute atomic E-state index is 10.5. The zero-order valence-corrected chi connectivity index (χ0v) is 17.7. The van der Waals surface area contributed by atoms with E-state index in [2.05, 4.69) is 17.6 Å². The van der Waals surface area contributed by atoms with E-state index in [0.29, 0.717) is 6.54 Å². The minimum Gasteiger partial charge on any atom is -0.497 e. The van der Waals surface area contributed by atoms with E-state index >= 15 is 0 Å². The van der Waals surface area contributed by atoms with Crippen LogP contribution >= 0.6 is 0 Å². The number of aliphatic hydroxyl groups excluding tert-OH is 1. The number of aliphatic hydroxyl groups is 1. The fraction of sp³-hybridized carbons (Fsp3) is 0.682. The first-order valence-electron chi connectivity index (χ1n) is 10.5. The molecule has 0 aromatic heterocycles. The van der Waals surface area contributed by atoms with Gasteiger partial charge in [-0.1, -0.05) is 25.0 Å². The molecule has 3 N–H and O–H groups in total. The van der Waals surface area contributed by atoms with Crippen molar-refractivity contribution in [3.05, 3.63) is 29.8 Å². The maximum atomic E-state index is 10.5. The van der Waals surface area contributed by atoms with Crippen molar-refractivity contribution in [1.82, 2.24) is 10.6 Å². The highest BCUT2D eigenvalue weighted by Gasteiger charge is 2.33. The Morgan fingerprint density at radius 1 is 1.25 bits per heavy atom. The van der Waals surface area contributed by atoms with Crippen LogP contribution in [0.25, 0.3) is 0 Å². The van der Waals surface area contributed by atoms with Gasteiger partial charge >= 0.3 is 0 Å². The summed E-state index contributed by atoms with van der Waals surface area (Å²) in [5.74, 6) is 1.50. The molecule has 2 rings (SSSR count). The summed E-state index contributed by atoms with van der Waals surface area (Å²) in [7, 11) is 1.63. The van der Waals surface area contributed by atoms with Crippen LogP contribution in [-0.2, 0) is 4.74 Å². The van der Waals surface area contributed by atoms with E-state index in [0.717, 1.165) is 50.0 Å². The minimum atomic E-state index is -0.627. The van der Waals surface area contributed by atoms with Crippen molar-refractivity contribution in [3.8, 4) is 5.75 Å². The first-order chi connectivity index (χ1) is 13.6. The Balaban J connectivity index is 1.94. The molecule has 1 aromatic carbocycles. The molecule has 0 heterocycles. The highest BCUT2D eigenvalue weighted by atomic mass is 16.5. The number of hydrogen-bond donors (Lipinski definition) is 3. The Hall–Kier alpha value is -1.79. The van der Waals surface area contributed by atoms with Gasteiger partial charge in [-0.3, -0.25) is 4.99 Å². The van der Waals surface area contributed by atoms with Gasteiger partial charge in [0.25, 0.3) is 0 Å². The third-order valence-electron chi connectivity index (χ3n) is 5.50. The molecule has 1 aromatic rings. The smallest absolute Gasteiger partial charge is 0.191 e. The molecule has 0 amide bonds. The Labute approximate surface area is 169 Å². The average molecular weight is 392 g/mol. The summed E-state index contributed by atoms with van der Waals surface area (Å²) in [5, 5.41) is 17.1. The second-order valence-electron chi connectivity index (χ2n) is 7.52. The van der Waals surface area contributed by atoms with E-state index < -0.39 is 6.10 Å². The fourth-order valence-corrected chi connectivity index (χ4v) is 3.79. The Morgan fingerprint density at radius 3 is 2.71 bits per heavy atom. The summed E-state index contributed by atoms with van der Waals surface area (Å²) in [5.41, 5.74) is 1.08. The molecule has 1 fully saturated rings. The monoisotopic (exact) mass is 391 g/mol. The zero-order valence-electron chi connectivity index (χ0n) is 17.7. The number of rotatable bonds is 11. The van der Waals surface area contributed by atoms with Gasteiger partial charge in [0, 0.05) is 32.8 Å². The van der Waals surface area contributed by atoms with Gasteiger partial charge in [0.15, 0.2) is 5.96 Å². The molecular formula is C22H37N3O3. The van der Waals surface area contributed by atoms with Crippen LogP contribution in [0.2, 0.25) is 0 Å². The summed E-state index contributed by atoms with van der Waals surface area (Å²) < 4.78 is 10.8. The van der Waals surface area contributed by atoms with Gasteiger partial charge in [-0.15, -0.1) is 0 Å². The molecule has 0 aliphatic heterocycles. The summed E-state index contributed by atoms with van der Waals surface area (Å²) in [6.45, 7) is 7.65. The third-order valence-corrected chi connectivity index (χ3v) is 5.50. The molecule has 0 bridgehead atoms. The van der Waals surface area contributed by atoms with Gasteiger partial charge in [0.2, 0.25) is 0 Å². The van der Waals surface area contributed by atoms with Crippen LogP contribution in [-0.4, -0.2) is 51.0 Å². The number of nitrogens with zero attached hydrogens (tertiary/aromatic N) is 1. The van der Waals surface area contributed by atoms with Crippen LogP contribution in [0, 0.1) is 5.41 Å². The summed E-state index contributed by atoms with van der Waals surface area (Å²) >= 11 is 0. The van der Waals surface area contributed by atoms with Crippen LogP contribution in [0.3, 0.4) is 0 Å². The largest absolute Gasteiger partial charge is 0.497 e. The van der Waals surface area contributed by atoms with Crippen molar-refractivity contribution < 1.29 is 14.6 Å². The molecule has 1 atom stereocenters. The lowest BCUT2D eigenvalue weighted by Crippen LogP contribution is -2.40. The second kappa shape index (κ2) is 11.9. The molecule has 1 saturated carbocycles. The maximum Gasteiger partial charge on any atom is 0.191 e. The normalized spacial score (nSPS) is 17.4. The third kappa shape index (κ3) is 6.99. The van der Waals surface area contributed by atoms with E-state index in [1.807, 2.05) is 31.2 Å². The number of hydrogen-bond acceptors (Lipinski definition) is 4. The molecule has 6 heteroatoms. The van der Waals surface area contributed by atoms with Crippen LogP contribution < -0.4 is 15.4 Å². The molecule has 1 aliphatic carbocycles. The SMILES string of the molecule is CCNC(=NCC1(CCOCC)CCCC1)NCC(O)c1cccc(OC)c1. The van der Waals surface area contributed by atoms with Crippen LogP contribution in [0.4, 0.5) is 0 Å². The fourth-order valence-electron chi connectivity index (χ4n) is 3.79. The quantitative estimate of drug-likeness (QED) is 0.307. The summed E-state index contributed by atoms with van der Waals surface area (Å²) in [6.07, 6.45) is 5.43. The Morgan fingerprint density at radius 2 is 2.04 bits per heavy atom. The van der Waals surface area contributed by atoms with E-state index in [4.69, 9.17) is 14.5 Å². The summed E-state index contributed by atoms with van der Waals surface area (Å²) in [4.78, 5) is 4.85. The molecule has 1 aliphatic rings. The van der Waals surface area contributed by atoms with Crippen LogP contribution in [0.1, 0.15) is 57.6 Å². The predicted octanol–water partition coefficient (Wildman–Crippen LogP) is 3.27. The van der Waals surface area contributed by atoms with Gasteiger partial charge in [0.05, 0.1) is 13.2 Å². The number of ether oxygens (including phenoxy) is 2. The van der Waals surface area contributed by atoms with Crippen molar-refractivity contribution in [2.45, 2.75) is 52.1 Å². The van der Waals surface area contributed by atoms with Gasteiger partial charge in [-0.25, -0.2) is 0 Å². The minimum absolute atomic E-state index is 0.253. The van der Waals surface area contributed by atoms with Crippen LogP contribution in [0.5, 0.6) is 5.75 Å². The lowest BCUT2D eigenvalue weighted by atomic mass is 9.83. The molecular weight excluding hydrogens is 354 g/mol. The molecule has 28 heavy (non-hydrogen) atoms. The van der Waals surface area contributed by atoms with E-state index in [9.17, 15) is 5.11 Å². The zero-order chi connectivity index (χ0) is 20.2. The topological polar surface area (TPSA) is 75.1 Å². The van der Waals surface area contributed by atoms with Gasteiger partial charge in [0.1, 0.15) is 5.75 Å². The van der Waals surface area contributed by atoms with Gasteiger partial charge in [-0.2, -0.15) is 0 Å². The molecule has 0 radical (unpaired) electrons. The lowest BCUT2D eigenvalue weighted by molar-refractivity contribution is 0.107. The molecule has 158 valence electrons. The molecule has 6 nitrogen and oxygen atoms in total. The van der Waals surface area contributed by atoms with Crippen molar-refractivity contribution in [3.63, 3.8) is 0 Å². The average Bonchev–Trinajstić information content (AvgIpc) is 3.19. The summed E-state index contributed by atoms with van der Waals surface area (Å²) in [6, 6.07) is 7.52. The standard InChI is InChI=1S/C22H37N3O3/c1-4-23-21(24-16-20(26)18-9-8-10-19(15-18)27-3)25-17-22(11-6-7-12-22)13-14-28-5-2/h8-10,15,20,26H,4-7,11-14,16-17H2,1-3H3,(H2,23,24,25). The number of nitrogens with one attached hydrogen (secondary N) is 2. The van der Waals surface area contributed by atoms with Crippen LogP contribution in [0.15, 0.2) is 29.3 Å². The predicted molar refractivity (Wildman–Crippen MR) is 114 cm³/mol.